The molecule has 1 aliphatic heterocycles. The summed E-state index contributed by atoms with van der Waals surface area (Å²) in [5.41, 5.74) is 0.532. The monoisotopic (exact) mass is 497 g/mol. The van der Waals surface area contributed by atoms with Crippen LogP contribution in [0.5, 0.6) is 11.5 Å². The summed E-state index contributed by atoms with van der Waals surface area (Å²) in [7, 11) is -0.803. The van der Waals surface area contributed by atoms with Gasteiger partial charge in [-0.3, -0.25) is 9.59 Å². The van der Waals surface area contributed by atoms with Crippen molar-refractivity contribution >= 4 is 38.4 Å². The number of sulfonamides is 1. The van der Waals surface area contributed by atoms with Crippen LogP contribution in [0.15, 0.2) is 28.5 Å². The van der Waals surface area contributed by atoms with Gasteiger partial charge in [-0.05, 0) is 31.9 Å². The highest BCUT2D eigenvalue weighted by Gasteiger charge is 2.33. The fourth-order valence-corrected chi connectivity index (χ4v) is 5.70. The summed E-state index contributed by atoms with van der Waals surface area (Å²) in [5.74, 6) is -0.142. The third-order valence-corrected chi connectivity index (χ3v) is 7.93. The van der Waals surface area contributed by atoms with Gasteiger partial charge in [-0.1, -0.05) is 0 Å². The zero-order chi connectivity index (χ0) is 24.0. The molecular formula is C21H27N3O7S2. The predicted octanol–water partition coefficient (Wildman–Crippen LogP) is 2.31. The number of hydrogen-bond acceptors (Lipinski definition) is 9. The summed E-state index contributed by atoms with van der Waals surface area (Å²) in [5, 5.41) is 4.87. The van der Waals surface area contributed by atoms with Gasteiger partial charge in [0.25, 0.3) is 0 Å². The van der Waals surface area contributed by atoms with Crippen LogP contribution in [0, 0.1) is 5.92 Å². The molecule has 2 aromatic rings. The molecule has 0 bridgehead atoms. The van der Waals surface area contributed by atoms with E-state index in [1.165, 1.54) is 42.0 Å². The van der Waals surface area contributed by atoms with Gasteiger partial charge in [-0.2, -0.15) is 4.31 Å². The van der Waals surface area contributed by atoms with Crippen molar-refractivity contribution in [3.05, 3.63) is 29.3 Å². The highest BCUT2D eigenvalue weighted by molar-refractivity contribution is 7.89. The smallest absolute Gasteiger partial charge is 0.311 e. The molecule has 1 aromatic carbocycles. The standard InChI is InChI=1S/C21H27N3O7S2/c1-4-31-19(25)11-15-13-32-21(22-15)23-20(26)14-7-9-24(10-8-14)33(27,28)16-5-6-17(29-2)18(12-16)30-3/h5-6,12-14H,4,7-11H2,1-3H3,(H,22,23,26). The Labute approximate surface area is 196 Å². The first-order chi connectivity index (χ1) is 15.8. The lowest BCUT2D eigenvalue weighted by atomic mass is 9.97. The van der Waals surface area contributed by atoms with E-state index in [4.69, 9.17) is 14.2 Å². The first kappa shape index (κ1) is 24.9. The molecule has 0 atom stereocenters. The second-order valence-electron chi connectivity index (χ2n) is 7.31. The topological polar surface area (TPSA) is 124 Å². The number of nitrogens with zero attached hydrogens (tertiary/aromatic N) is 2. The van der Waals surface area contributed by atoms with Crippen LogP contribution >= 0.6 is 11.3 Å². The highest BCUT2D eigenvalue weighted by atomic mass is 32.2. The number of esters is 1. The molecule has 0 radical (unpaired) electrons. The summed E-state index contributed by atoms with van der Waals surface area (Å²) in [6.07, 6.45) is 0.825. The van der Waals surface area contributed by atoms with Crippen LogP contribution in [0.4, 0.5) is 5.13 Å². The number of aromatic nitrogens is 1. The Morgan fingerprint density at radius 1 is 1.18 bits per heavy atom. The van der Waals surface area contributed by atoms with Crippen molar-refractivity contribution in [3.63, 3.8) is 0 Å². The van der Waals surface area contributed by atoms with Crippen molar-refractivity contribution in [1.82, 2.24) is 9.29 Å². The maximum Gasteiger partial charge on any atom is 0.311 e. The molecule has 2 heterocycles. The van der Waals surface area contributed by atoms with E-state index in [9.17, 15) is 18.0 Å². The fourth-order valence-electron chi connectivity index (χ4n) is 3.50. The Balaban J connectivity index is 1.57. The Hall–Kier alpha value is -2.70. The van der Waals surface area contributed by atoms with Crippen molar-refractivity contribution in [2.24, 2.45) is 5.92 Å². The van der Waals surface area contributed by atoms with E-state index in [0.717, 1.165) is 0 Å². The molecule has 1 amide bonds. The van der Waals surface area contributed by atoms with Crippen molar-refractivity contribution in [1.29, 1.82) is 0 Å². The minimum atomic E-state index is -3.73. The van der Waals surface area contributed by atoms with Crippen LogP contribution < -0.4 is 14.8 Å². The third-order valence-electron chi connectivity index (χ3n) is 5.23. The van der Waals surface area contributed by atoms with Crippen molar-refractivity contribution in [3.8, 4) is 11.5 Å². The predicted molar refractivity (Wildman–Crippen MR) is 122 cm³/mol. The largest absolute Gasteiger partial charge is 0.493 e. The minimum absolute atomic E-state index is 0.0482. The zero-order valence-electron chi connectivity index (χ0n) is 18.7. The lowest BCUT2D eigenvalue weighted by Crippen LogP contribution is -2.41. The summed E-state index contributed by atoms with van der Waals surface area (Å²) < 4.78 is 42.7. The average Bonchev–Trinajstić information content (AvgIpc) is 3.25. The first-order valence-electron chi connectivity index (χ1n) is 10.4. The molecule has 3 rings (SSSR count). The van der Waals surface area contributed by atoms with Gasteiger partial charge < -0.3 is 19.5 Å². The van der Waals surface area contributed by atoms with Gasteiger partial charge in [0.2, 0.25) is 15.9 Å². The summed E-state index contributed by atoms with van der Waals surface area (Å²) in [4.78, 5) is 28.6. The molecule has 33 heavy (non-hydrogen) atoms. The van der Waals surface area contributed by atoms with E-state index in [2.05, 4.69) is 10.3 Å². The quantitative estimate of drug-likeness (QED) is 0.524. The molecule has 1 saturated heterocycles. The number of hydrogen-bond donors (Lipinski definition) is 1. The number of rotatable bonds is 9. The molecule has 12 heteroatoms. The van der Waals surface area contributed by atoms with Crippen molar-refractivity contribution < 1.29 is 32.2 Å². The lowest BCUT2D eigenvalue weighted by Gasteiger charge is -2.30. The number of nitrogens with one attached hydrogen (secondary N) is 1. The lowest BCUT2D eigenvalue weighted by molar-refractivity contribution is -0.142. The number of carbonyl (C=O) groups excluding carboxylic acids is 2. The molecule has 1 fully saturated rings. The van der Waals surface area contributed by atoms with Crippen LogP contribution in [0.1, 0.15) is 25.5 Å². The maximum atomic E-state index is 13.0. The van der Waals surface area contributed by atoms with Crippen LogP contribution in [0.25, 0.3) is 0 Å². The summed E-state index contributed by atoms with van der Waals surface area (Å²) in [6, 6.07) is 4.46. The molecule has 0 aliphatic carbocycles. The van der Waals surface area contributed by atoms with Crippen molar-refractivity contribution in [2.75, 3.05) is 39.2 Å². The Kier molecular flexibility index (Phi) is 8.27. The molecule has 1 N–H and O–H groups in total. The fraction of sp³-hybridized carbons (Fsp3) is 0.476. The second kappa shape index (κ2) is 10.9. The Morgan fingerprint density at radius 3 is 2.52 bits per heavy atom. The van der Waals surface area contributed by atoms with Gasteiger partial charge in [0.15, 0.2) is 16.6 Å². The number of piperidine rings is 1. The van der Waals surface area contributed by atoms with E-state index in [1.807, 2.05) is 0 Å². The summed E-state index contributed by atoms with van der Waals surface area (Å²) in [6.45, 7) is 2.48. The van der Waals surface area contributed by atoms with Gasteiger partial charge in [-0.25, -0.2) is 13.4 Å². The van der Waals surface area contributed by atoms with Crippen LogP contribution in [-0.2, 0) is 30.8 Å². The number of methoxy groups -OCH3 is 2. The van der Waals surface area contributed by atoms with E-state index in [0.29, 0.717) is 41.8 Å². The van der Waals surface area contributed by atoms with Crippen LogP contribution in [-0.4, -0.2) is 63.5 Å². The molecule has 10 nitrogen and oxygen atoms in total. The van der Waals surface area contributed by atoms with Gasteiger partial charge in [0.1, 0.15) is 0 Å². The molecule has 1 aromatic heterocycles. The summed E-state index contributed by atoms with van der Waals surface area (Å²) >= 11 is 1.23. The normalized spacial score (nSPS) is 15.1. The second-order valence-corrected chi connectivity index (χ2v) is 10.1. The number of ether oxygens (including phenoxy) is 3. The van der Waals surface area contributed by atoms with Crippen LogP contribution in [0.3, 0.4) is 0 Å². The zero-order valence-corrected chi connectivity index (χ0v) is 20.3. The minimum Gasteiger partial charge on any atom is -0.493 e. The number of amides is 1. The molecule has 1 aliphatic rings. The van der Waals surface area contributed by atoms with Gasteiger partial charge in [0.05, 0.1) is 37.8 Å². The number of thiazole rings is 1. The van der Waals surface area contributed by atoms with Gasteiger partial charge >= 0.3 is 5.97 Å². The Bertz CT molecular complexity index is 1090. The van der Waals surface area contributed by atoms with Crippen LogP contribution in [0.2, 0.25) is 0 Å². The van der Waals surface area contributed by atoms with E-state index >= 15 is 0 Å². The van der Waals surface area contributed by atoms with E-state index in [-0.39, 0.29) is 42.2 Å². The average molecular weight is 498 g/mol. The molecule has 180 valence electrons. The Morgan fingerprint density at radius 2 is 1.88 bits per heavy atom. The first-order valence-corrected chi connectivity index (χ1v) is 12.7. The van der Waals surface area contributed by atoms with Crippen molar-refractivity contribution in [2.45, 2.75) is 31.1 Å². The SMILES string of the molecule is CCOC(=O)Cc1csc(NC(=O)C2CCN(S(=O)(=O)c3ccc(OC)c(OC)c3)CC2)n1. The van der Waals surface area contributed by atoms with E-state index in [1.54, 1.807) is 18.4 Å². The number of benzene rings is 1. The third kappa shape index (κ3) is 6.01. The molecule has 0 unspecified atom stereocenters. The molecule has 0 spiro atoms. The van der Waals surface area contributed by atoms with E-state index < -0.39 is 10.0 Å². The number of anilines is 1. The molecular weight excluding hydrogens is 470 g/mol. The maximum absolute atomic E-state index is 13.0. The van der Waals surface area contributed by atoms with Gasteiger partial charge in [0, 0.05) is 30.5 Å². The van der Waals surface area contributed by atoms with Gasteiger partial charge in [-0.15, -0.1) is 11.3 Å². The molecule has 0 saturated carbocycles. The number of carbonyl (C=O) groups is 2. The highest BCUT2D eigenvalue weighted by Crippen LogP contribution is 2.32.